The van der Waals surface area contributed by atoms with Crippen LogP contribution in [0.25, 0.3) is 0 Å². The molecule has 120 valence electrons. The summed E-state index contributed by atoms with van der Waals surface area (Å²) in [5, 5.41) is 1.45. The quantitative estimate of drug-likeness (QED) is 0.512. The van der Waals surface area contributed by atoms with E-state index in [0.717, 1.165) is 0 Å². The minimum Gasteiger partial charge on any atom is -0.265 e. The Balaban J connectivity index is 0.00000441. The molecule has 1 rings (SSSR count). The van der Waals surface area contributed by atoms with E-state index in [-0.39, 0.29) is 18.9 Å². The van der Waals surface area contributed by atoms with Crippen LogP contribution in [-0.4, -0.2) is 13.1 Å². The van der Waals surface area contributed by atoms with Gasteiger partial charge in [0.1, 0.15) is 0 Å². The third-order valence-electron chi connectivity index (χ3n) is 5.07. The number of rotatable bonds is 6. The molecule has 2 heteroatoms. The molecule has 0 aliphatic heterocycles. The Labute approximate surface area is 154 Å². The zero-order valence-corrected chi connectivity index (χ0v) is 17.7. The van der Waals surface area contributed by atoms with Crippen LogP contribution in [0.3, 0.4) is 0 Å². The maximum atomic E-state index is 2.62. The van der Waals surface area contributed by atoms with Gasteiger partial charge < -0.3 is 0 Å². The molecule has 0 aromatic heterocycles. The molecule has 0 atom stereocenters. The van der Waals surface area contributed by atoms with E-state index in [0.29, 0.717) is 5.41 Å². The minimum atomic E-state index is -1.45. The van der Waals surface area contributed by atoms with Crippen molar-refractivity contribution in [3.8, 4) is 0 Å². The summed E-state index contributed by atoms with van der Waals surface area (Å²) >= 11 is -1.45. The molecule has 0 saturated carbocycles. The van der Waals surface area contributed by atoms with E-state index < -0.39 is 13.1 Å². The van der Waals surface area contributed by atoms with Gasteiger partial charge in [0.25, 0.3) is 0 Å². The van der Waals surface area contributed by atoms with Gasteiger partial charge in [-0.3, -0.25) is 4.94 Å². The van der Waals surface area contributed by atoms with Crippen molar-refractivity contribution in [2.24, 2.45) is 5.41 Å². The van der Waals surface area contributed by atoms with Gasteiger partial charge in [0.15, 0.2) is 13.1 Å². The average molecular weight is 310 g/mol. The molecule has 0 radical (unpaired) electrons. The Morgan fingerprint density at radius 2 is 1.91 bits per heavy atom. The van der Waals surface area contributed by atoms with Crippen LogP contribution < -0.4 is 18.9 Å². The molecular weight excluding hydrogens is 274 g/mol. The molecule has 0 N–H and O–H groups in total. The SMILES string of the molecule is CCC[CH2][Al-]([CH3])([CH3])/[CH]=C(C)/C=C/C1=C(C)CCCC1(C)C.[Li+]. The second kappa shape index (κ2) is 9.60. The molecule has 1 aliphatic carbocycles. The molecule has 1 aliphatic rings. The van der Waals surface area contributed by atoms with Gasteiger partial charge in [0.2, 0.25) is 0 Å². The van der Waals surface area contributed by atoms with Gasteiger partial charge in [0, 0.05) is 0 Å². The number of unbranched alkanes of at least 4 members (excludes halogenated alkanes) is 1. The molecule has 0 amide bonds. The summed E-state index contributed by atoms with van der Waals surface area (Å²) < 4.78 is 0. The van der Waals surface area contributed by atoms with E-state index in [4.69, 9.17) is 0 Å². The Morgan fingerprint density at radius 1 is 1.27 bits per heavy atom. The summed E-state index contributed by atoms with van der Waals surface area (Å²) in [6.07, 6.45) is 11.5. The topological polar surface area (TPSA) is 0 Å². The van der Waals surface area contributed by atoms with E-state index in [1.54, 1.807) is 11.1 Å². The predicted molar refractivity (Wildman–Crippen MR) is 100 cm³/mol. The van der Waals surface area contributed by atoms with Gasteiger partial charge in [-0.15, -0.1) is 0 Å². The summed E-state index contributed by atoms with van der Waals surface area (Å²) in [5.41, 5.74) is 5.01. The molecule has 0 unspecified atom stereocenters. The van der Waals surface area contributed by atoms with Crippen LogP contribution in [0.1, 0.15) is 66.7 Å². The maximum absolute atomic E-state index is 2.62. The molecule has 22 heavy (non-hydrogen) atoms. The van der Waals surface area contributed by atoms with Gasteiger partial charge in [-0.2, -0.15) is 16.9 Å². The van der Waals surface area contributed by atoms with Gasteiger partial charge in [-0.1, -0.05) is 56.9 Å². The fourth-order valence-electron chi connectivity index (χ4n) is 3.81. The molecule has 0 aromatic rings. The van der Waals surface area contributed by atoms with Crippen molar-refractivity contribution in [1.82, 2.24) is 0 Å². The second-order valence-electron chi connectivity index (χ2n) is 8.61. The van der Waals surface area contributed by atoms with Crippen molar-refractivity contribution in [2.75, 3.05) is 0 Å². The van der Waals surface area contributed by atoms with Crippen molar-refractivity contribution >= 4 is 13.1 Å². The van der Waals surface area contributed by atoms with Crippen molar-refractivity contribution in [3.63, 3.8) is 0 Å². The van der Waals surface area contributed by atoms with Crippen LogP contribution >= 0.6 is 0 Å². The summed E-state index contributed by atoms with van der Waals surface area (Å²) in [4.78, 5) is 2.62. The van der Waals surface area contributed by atoms with Crippen LogP contribution in [0, 0.1) is 5.41 Å². The van der Waals surface area contributed by atoms with Crippen molar-refractivity contribution in [2.45, 2.75) is 83.6 Å². The van der Waals surface area contributed by atoms with E-state index in [2.05, 4.69) is 63.3 Å². The van der Waals surface area contributed by atoms with E-state index in [1.807, 2.05) is 0 Å². The molecule has 0 spiro atoms. The Hall–Kier alpha value is 0.350. The van der Waals surface area contributed by atoms with E-state index >= 15 is 0 Å². The average Bonchev–Trinajstić information content (AvgIpc) is 2.34. The first kappa shape index (κ1) is 22.3. The third kappa shape index (κ3) is 7.28. The summed E-state index contributed by atoms with van der Waals surface area (Å²) in [7, 11) is 0. The molecule has 0 fully saturated rings. The van der Waals surface area contributed by atoms with Crippen LogP contribution in [-0.2, 0) is 0 Å². The molecular formula is C20H36AlLi. The van der Waals surface area contributed by atoms with Gasteiger partial charge in [-0.25, -0.2) is 0 Å². The van der Waals surface area contributed by atoms with Crippen LogP contribution in [0.4, 0.5) is 0 Å². The summed E-state index contributed by atoms with van der Waals surface area (Å²) in [5.74, 6) is 5.05. The van der Waals surface area contributed by atoms with Crippen molar-refractivity contribution in [3.05, 3.63) is 33.8 Å². The number of allylic oxidation sites excluding steroid dienone is 5. The first-order chi connectivity index (χ1) is 9.68. The van der Waals surface area contributed by atoms with Crippen LogP contribution in [0.5, 0.6) is 0 Å². The number of hydrogen-bond acceptors (Lipinski definition) is 0. The molecule has 0 nitrogen and oxygen atoms in total. The van der Waals surface area contributed by atoms with E-state index in [9.17, 15) is 0 Å². The van der Waals surface area contributed by atoms with Crippen molar-refractivity contribution < 1.29 is 18.9 Å². The van der Waals surface area contributed by atoms with Gasteiger partial charge in [-0.05, 0) is 44.1 Å². The van der Waals surface area contributed by atoms with Crippen LogP contribution in [0.15, 0.2) is 33.8 Å². The summed E-state index contributed by atoms with van der Waals surface area (Å²) in [6, 6.07) is 0. The monoisotopic (exact) mass is 310 g/mol. The zero-order chi connectivity index (χ0) is 16.1. The normalized spacial score (nSPS) is 19.5. The third-order valence-corrected chi connectivity index (χ3v) is 8.40. The van der Waals surface area contributed by atoms with Gasteiger partial charge >= 0.3 is 18.9 Å². The predicted octanol–water partition coefficient (Wildman–Crippen LogP) is 4.07. The first-order valence-corrected chi connectivity index (χ1v) is 12.8. The maximum Gasteiger partial charge on any atom is 1.00 e. The smallest absolute Gasteiger partial charge is 0.265 e. The summed E-state index contributed by atoms with van der Waals surface area (Å²) in [6.45, 7) is 11.7. The number of hydrogen-bond donors (Lipinski definition) is 0. The Morgan fingerprint density at radius 3 is 2.45 bits per heavy atom. The fourth-order valence-corrected chi connectivity index (χ4v) is 6.97. The molecule has 0 bridgehead atoms. The van der Waals surface area contributed by atoms with Gasteiger partial charge in [0.05, 0.1) is 0 Å². The van der Waals surface area contributed by atoms with Crippen LogP contribution in [0.2, 0.25) is 16.9 Å². The molecule has 0 heterocycles. The van der Waals surface area contributed by atoms with E-state index in [1.165, 1.54) is 43.0 Å². The minimum absolute atomic E-state index is 0. The first-order valence-electron chi connectivity index (χ1n) is 9.01. The largest absolute Gasteiger partial charge is 1.00 e. The fraction of sp³-hybridized carbons (Fsp3) is 0.700. The molecule has 0 aromatic carbocycles. The zero-order valence-electron chi connectivity index (χ0n) is 16.6. The van der Waals surface area contributed by atoms with Crippen molar-refractivity contribution in [1.29, 1.82) is 0 Å². The standard InChI is InChI=1S/C14H21.C4H9.2CH3.Al.Li/c1-11(2)8-9-13-12(3)7-6-10-14(13,4)5;1-3-4-2;;;;/h1,8-9H,6-7,10H2,2-5H3;1,3-4H2,2H3;2*1H3;;/q;;;;-1;+1/b9-8+,11-1?;;;;;. The Bertz CT molecular complexity index is 439. The second-order valence-corrected chi connectivity index (χ2v) is 14.1. The molecule has 0 saturated heterocycles. The Kier molecular flexibility index (Phi) is 9.75.